The zero-order valence-electron chi connectivity index (χ0n) is 36.2. The summed E-state index contributed by atoms with van der Waals surface area (Å²) in [5.41, 5.74) is 0. The van der Waals surface area contributed by atoms with E-state index >= 15 is 0 Å². The Morgan fingerprint density at radius 3 is 1.46 bits per heavy atom. The Hall–Kier alpha value is -1.02. The van der Waals surface area contributed by atoms with Gasteiger partial charge in [-0.15, -0.1) is 0 Å². The van der Waals surface area contributed by atoms with Crippen LogP contribution in [0.25, 0.3) is 0 Å². The maximum Gasteiger partial charge on any atom is 0.472 e. The zero-order valence-corrected chi connectivity index (χ0v) is 37.1. The lowest BCUT2D eigenvalue weighted by molar-refractivity contribution is -0.870. The number of hydrogen-bond acceptors (Lipinski definition) is 5. The molecule has 0 saturated heterocycles. The number of rotatable bonds is 41. The lowest BCUT2D eigenvalue weighted by Gasteiger charge is -2.25. The summed E-state index contributed by atoms with van der Waals surface area (Å²) >= 11 is 0. The Morgan fingerprint density at radius 1 is 0.630 bits per heavy atom. The number of aliphatic hydroxyl groups is 1. The van der Waals surface area contributed by atoms with Crippen molar-refractivity contribution in [1.29, 1.82) is 0 Å². The van der Waals surface area contributed by atoms with E-state index in [0.29, 0.717) is 17.4 Å². The number of phosphoric ester groups is 1. The molecule has 0 aliphatic heterocycles. The van der Waals surface area contributed by atoms with E-state index in [1.165, 1.54) is 154 Å². The first-order valence-electron chi connectivity index (χ1n) is 22.7. The first kappa shape index (κ1) is 53.0. The molecule has 0 fully saturated rings. The van der Waals surface area contributed by atoms with Crippen molar-refractivity contribution in [1.82, 2.24) is 5.32 Å². The van der Waals surface area contributed by atoms with Crippen LogP contribution in [0.3, 0.4) is 0 Å². The predicted molar refractivity (Wildman–Crippen MR) is 231 cm³/mol. The molecular weight excluding hydrogens is 695 g/mol. The Balaban J connectivity index is 4.24. The molecule has 0 aliphatic rings. The summed E-state index contributed by atoms with van der Waals surface area (Å²) in [5, 5.41) is 13.7. The summed E-state index contributed by atoms with van der Waals surface area (Å²) in [5.74, 6) is -0.193. The van der Waals surface area contributed by atoms with E-state index < -0.39 is 20.0 Å². The van der Waals surface area contributed by atoms with Crippen LogP contribution >= 0.6 is 7.82 Å². The molecule has 0 rings (SSSR count). The summed E-state index contributed by atoms with van der Waals surface area (Å²) < 4.78 is 23.5. The normalized spacial score (nSPS) is 14.6. The largest absolute Gasteiger partial charge is 0.472 e. The van der Waals surface area contributed by atoms with Crippen molar-refractivity contribution in [2.24, 2.45) is 0 Å². The Kier molecular flexibility index (Phi) is 36.8. The van der Waals surface area contributed by atoms with Crippen LogP contribution < -0.4 is 5.32 Å². The van der Waals surface area contributed by atoms with Crippen molar-refractivity contribution < 1.29 is 32.9 Å². The van der Waals surface area contributed by atoms with E-state index in [1.54, 1.807) is 12.2 Å². The fourth-order valence-electron chi connectivity index (χ4n) is 6.57. The maximum absolute atomic E-state index is 12.8. The van der Waals surface area contributed by atoms with Crippen LogP contribution in [0, 0.1) is 0 Å². The number of carbonyl (C=O) groups excluding carboxylic acids is 1. The average Bonchev–Trinajstić information content (AvgIpc) is 3.12. The van der Waals surface area contributed by atoms with Gasteiger partial charge in [0.05, 0.1) is 39.9 Å². The zero-order chi connectivity index (χ0) is 40.0. The minimum absolute atomic E-state index is 0.0552. The number of nitrogens with one attached hydrogen (secondary N) is 1. The summed E-state index contributed by atoms with van der Waals surface area (Å²) in [6.07, 6.45) is 44.2. The van der Waals surface area contributed by atoms with E-state index in [4.69, 9.17) is 9.05 Å². The number of carbonyl (C=O) groups is 1. The number of amides is 1. The molecule has 0 aromatic rings. The van der Waals surface area contributed by atoms with E-state index in [0.717, 1.165) is 32.1 Å². The molecule has 8 nitrogen and oxygen atoms in total. The van der Waals surface area contributed by atoms with Gasteiger partial charge in [0.2, 0.25) is 5.91 Å². The molecule has 9 heteroatoms. The minimum Gasteiger partial charge on any atom is -0.387 e. The second-order valence-electron chi connectivity index (χ2n) is 16.8. The van der Waals surface area contributed by atoms with Crippen molar-refractivity contribution in [3.8, 4) is 0 Å². The molecule has 3 atom stereocenters. The van der Waals surface area contributed by atoms with Crippen molar-refractivity contribution in [2.75, 3.05) is 40.9 Å². The highest BCUT2D eigenvalue weighted by atomic mass is 31.2. The van der Waals surface area contributed by atoms with Crippen LogP contribution in [0.15, 0.2) is 24.3 Å². The molecule has 1 unspecified atom stereocenters. The first-order valence-corrected chi connectivity index (χ1v) is 24.2. The lowest BCUT2D eigenvalue weighted by atomic mass is 10.0. The fraction of sp³-hybridized carbons (Fsp3) is 0.889. The molecule has 0 aliphatic carbocycles. The molecule has 0 bridgehead atoms. The molecule has 54 heavy (non-hydrogen) atoms. The molecule has 0 heterocycles. The molecular formula is C45H90N2O6P+. The number of nitrogens with zero attached hydrogens (tertiary/aromatic N) is 1. The predicted octanol–water partition coefficient (Wildman–Crippen LogP) is 12.5. The van der Waals surface area contributed by atoms with Crippen LogP contribution in [0.2, 0.25) is 0 Å². The molecule has 0 aromatic heterocycles. The molecule has 1 amide bonds. The van der Waals surface area contributed by atoms with Crippen LogP contribution in [0.4, 0.5) is 0 Å². The van der Waals surface area contributed by atoms with Gasteiger partial charge >= 0.3 is 7.82 Å². The maximum atomic E-state index is 12.8. The van der Waals surface area contributed by atoms with Crippen LogP contribution in [-0.2, 0) is 18.4 Å². The molecule has 0 saturated carbocycles. The van der Waals surface area contributed by atoms with E-state index in [9.17, 15) is 19.4 Å². The van der Waals surface area contributed by atoms with E-state index in [1.807, 2.05) is 27.2 Å². The van der Waals surface area contributed by atoms with E-state index in [2.05, 4.69) is 25.2 Å². The number of likely N-dealkylation sites (N-methyl/N-ethyl adjacent to an activating group) is 1. The topological polar surface area (TPSA) is 105 Å². The van der Waals surface area contributed by atoms with Gasteiger partial charge in [-0.1, -0.05) is 205 Å². The molecule has 0 aromatic carbocycles. The van der Waals surface area contributed by atoms with Gasteiger partial charge in [0, 0.05) is 6.42 Å². The first-order chi connectivity index (χ1) is 26.0. The van der Waals surface area contributed by atoms with E-state index in [-0.39, 0.29) is 19.1 Å². The van der Waals surface area contributed by atoms with Crippen molar-refractivity contribution in [3.63, 3.8) is 0 Å². The molecule has 3 N–H and O–H groups in total. The van der Waals surface area contributed by atoms with Crippen LogP contribution in [0.5, 0.6) is 0 Å². The van der Waals surface area contributed by atoms with Gasteiger partial charge in [0.15, 0.2) is 0 Å². The van der Waals surface area contributed by atoms with Gasteiger partial charge in [-0.05, 0) is 19.3 Å². The average molecular weight is 786 g/mol. The third-order valence-corrected chi connectivity index (χ3v) is 11.2. The van der Waals surface area contributed by atoms with Gasteiger partial charge in [-0.25, -0.2) is 4.57 Å². The van der Waals surface area contributed by atoms with Gasteiger partial charge < -0.3 is 19.8 Å². The van der Waals surface area contributed by atoms with Gasteiger partial charge in [-0.2, -0.15) is 0 Å². The van der Waals surface area contributed by atoms with Crippen LogP contribution in [0.1, 0.15) is 206 Å². The summed E-state index contributed by atoms with van der Waals surface area (Å²) in [6.45, 7) is 4.76. The summed E-state index contributed by atoms with van der Waals surface area (Å²) in [6, 6.07) is -0.872. The quantitative estimate of drug-likeness (QED) is 0.0247. The summed E-state index contributed by atoms with van der Waals surface area (Å²) in [7, 11) is 1.55. The summed E-state index contributed by atoms with van der Waals surface area (Å²) in [4.78, 5) is 23.1. The highest BCUT2D eigenvalue weighted by molar-refractivity contribution is 7.47. The van der Waals surface area contributed by atoms with Gasteiger partial charge in [-0.3, -0.25) is 13.8 Å². The van der Waals surface area contributed by atoms with Crippen LogP contribution in [-0.4, -0.2) is 73.4 Å². The van der Waals surface area contributed by atoms with Gasteiger partial charge in [0.25, 0.3) is 0 Å². The lowest BCUT2D eigenvalue weighted by Crippen LogP contribution is -2.45. The third-order valence-electron chi connectivity index (χ3n) is 10.2. The second-order valence-corrected chi connectivity index (χ2v) is 18.3. The van der Waals surface area contributed by atoms with Crippen molar-refractivity contribution >= 4 is 13.7 Å². The highest BCUT2D eigenvalue weighted by Crippen LogP contribution is 2.43. The molecule has 320 valence electrons. The van der Waals surface area contributed by atoms with Gasteiger partial charge in [0.1, 0.15) is 13.2 Å². The highest BCUT2D eigenvalue weighted by Gasteiger charge is 2.27. The number of aliphatic hydroxyl groups excluding tert-OH is 1. The smallest absolute Gasteiger partial charge is 0.387 e. The molecule has 0 spiro atoms. The third kappa shape index (κ3) is 39.2. The minimum atomic E-state index is -4.34. The number of hydrogen-bond donors (Lipinski definition) is 3. The fourth-order valence-corrected chi connectivity index (χ4v) is 7.31. The Labute approximate surface area is 334 Å². The number of quaternary nitrogens is 1. The SMILES string of the molecule is CCCCCCCC/C=C/C=C/[C@@H](O)[C@H](COP(=O)(O)OCC[N+](C)(C)C)NC(=O)CCCCCCCCCCCCCCCCCCCCCCCC. The number of allylic oxidation sites excluding steroid dienone is 3. The standard InChI is InChI=1S/C45H89N2O6P/c1-6-8-10-12-14-16-18-19-20-21-22-23-24-25-26-27-28-29-31-33-35-37-39-45(49)46-43(42-53-54(50,51)52-41-40-47(3,4)5)44(48)38-36-34-32-30-17-15-13-11-9-7-2/h32,34,36,38,43-44,48H,6-31,33,35,37,39-42H2,1-5H3,(H-,46,49,50,51)/p+1/b34-32+,38-36+/t43-,44+/m0/s1. The Morgan fingerprint density at radius 2 is 1.04 bits per heavy atom. The number of phosphoric acid groups is 1. The molecule has 0 radical (unpaired) electrons. The Bertz CT molecular complexity index is 938. The van der Waals surface area contributed by atoms with Crippen molar-refractivity contribution in [2.45, 2.75) is 219 Å². The monoisotopic (exact) mass is 786 g/mol. The van der Waals surface area contributed by atoms with Crippen molar-refractivity contribution in [3.05, 3.63) is 24.3 Å². The second kappa shape index (κ2) is 37.6. The number of unbranched alkanes of at least 4 members (excludes halogenated alkanes) is 27.